The molecule has 0 aliphatic carbocycles. The van der Waals surface area contributed by atoms with Crippen LogP contribution in [-0.2, 0) is 6.42 Å². The molecule has 0 atom stereocenters. The molecule has 0 saturated heterocycles. The number of hydrogen-bond donors (Lipinski definition) is 0. The molecule has 0 bridgehead atoms. The summed E-state index contributed by atoms with van der Waals surface area (Å²) in [6.45, 7) is 2.08. The summed E-state index contributed by atoms with van der Waals surface area (Å²) in [4.78, 5) is 12.0. The van der Waals surface area contributed by atoms with Gasteiger partial charge in [-0.05, 0) is 58.2 Å². The Labute approximate surface area is 126 Å². The monoisotopic (exact) mass is 334 g/mol. The normalized spacial score (nSPS) is 10.2. The van der Waals surface area contributed by atoms with Crippen molar-refractivity contribution >= 4 is 21.9 Å². The van der Waals surface area contributed by atoms with E-state index >= 15 is 0 Å². The first-order chi connectivity index (χ1) is 9.63. The van der Waals surface area contributed by atoms with Crippen LogP contribution in [0.2, 0.25) is 0 Å². The molecule has 0 aliphatic rings. The van der Waals surface area contributed by atoms with Gasteiger partial charge in [0.25, 0.3) is 0 Å². The van der Waals surface area contributed by atoms with Crippen molar-refractivity contribution in [3.8, 4) is 11.5 Å². The second-order valence-electron chi connectivity index (χ2n) is 4.24. The number of methoxy groups -OCH3 is 1. The third-order valence-corrected chi connectivity index (χ3v) is 3.55. The van der Waals surface area contributed by atoms with Crippen LogP contribution in [0.15, 0.2) is 46.9 Å². The van der Waals surface area contributed by atoms with Gasteiger partial charge in [-0.3, -0.25) is 0 Å². The summed E-state index contributed by atoms with van der Waals surface area (Å²) in [7, 11) is 1.58. The zero-order valence-electron chi connectivity index (χ0n) is 11.4. The molecule has 0 saturated carbocycles. The Balaban J connectivity index is 2.12. The van der Waals surface area contributed by atoms with Gasteiger partial charge in [-0.25, -0.2) is 4.79 Å². The van der Waals surface area contributed by atoms with Crippen LogP contribution in [0.5, 0.6) is 11.5 Å². The van der Waals surface area contributed by atoms with Crippen LogP contribution in [0.3, 0.4) is 0 Å². The first kappa shape index (κ1) is 14.6. The van der Waals surface area contributed by atoms with Gasteiger partial charge >= 0.3 is 5.97 Å². The van der Waals surface area contributed by atoms with E-state index in [1.54, 1.807) is 37.4 Å². The molecule has 0 heterocycles. The van der Waals surface area contributed by atoms with E-state index in [1.807, 2.05) is 12.1 Å². The molecule has 0 unspecified atom stereocenters. The number of ether oxygens (including phenoxy) is 2. The summed E-state index contributed by atoms with van der Waals surface area (Å²) in [6, 6.07) is 12.6. The van der Waals surface area contributed by atoms with Crippen LogP contribution < -0.4 is 9.47 Å². The predicted molar refractivity (Wildman–Crippen MR) is 81.5 cm³/mol. The maximum absolute atomic E-state index is 12.0. The van der Waals surface area contributed by atoms with E-state index < -0.39 is 5.97 Å². The number of carbonyl (C=O) groups is 1. The lowest BCUT2D eigenvalue weighted by atomic mass is 10.2. The molecular formula is C16H15BrO3. The van der Waals surface area contributed by atoms with Crippen LogP contribution in [0.25, 0.3) is 0 Å². The predicted octanol–water partition coefficient (Wildman–Crippen LogP) is 4.24. The molecule has 104 valence electrons. The molecule has 0 aliphatic heterocycles. The van der Waals surface area contributed by atoms with Crippen molar-refractivity contribution in [1.29, 1.82) is 0 Å². The lowest BCUT2D eigenvalue weighted by molar-refractivity contribution is 0.0734. The summed E-state index contributed by atoms with van der Waals surface area (Å²) < 4.78 is 11.2. The van der Waals surface area contributed by atoms with Crippen molar-refractivity contribution in [2.75, 3.05) is 7.11 Å². The SMILES string of the molecule is CCc1ccc(OC(=O)c2ccc(OC)c(Br)c2)cc1. The third kappa shape index (κ3) is 3.39. The van der Waals surface area contributed by atoms with Gasteiger partial charge in [0.15, 0.2) is 0 Å². The number of aryl methyl sites for hydroxylation is 1. The Kier molecular flexibility index (Phi) is 4.79. The van der Waals surface area contributed by atoms with Gasteiger partial charge in [0, 0.05) is 0 Å². The topological polar surface area (TPSA) is 35.5 Å². The highest BCUT2D eigenvalue weighted by Gasteiger charge is 2.11. The summed E-state index contributed by atoms with van der Waals surface area (Å²) in [6.07, 6.45) is 0.958. The fourth-order valence-corrected chi connectivity index (χ4v) is 2.29. The summed E-state index contributed by atoms with van der Waals surface area (Å²) in [5.74, 6) is 0.825. The van der Waals surface area contributed by atoms with Crippen molar-refractivity contribution < 1.29 is 14.3 Å². The fraction of sp³-hybridized carbons (Fsp3) is 0.188. The fourth-order valence-electron chi connectivity index (χ4n) is 1.75. The summed E-state index contributed by atoms with van der Waals surface area (Å²) in [5, 5.41) is 0. The number of hydrogen-bond acceptors (Lipinski definition) is 3. The molecule has 0 radical (unpaired) electrons. The molecule has 0 aromatic heterocycles. The van der Waals surface area contributed by atoms with E-state index in [9.17, 15) is 4.79 Å². The quantitative estimate of drug-likeness (QED) is 0.619. The van der Waals surface area contributed by atoms with Crippen LogP contribution in [-0.4, -0.2) is 13.1 Å². The van der Waals surface area contributed by atoms with Gasteiger partial charge in [0.05, 0.1) is 17.1 Å². The van der Waals surface area contributed by atoms with Crippen LogP contribution >= 0.6 is 15.9 Å². The Morgan fingerprint density at radius 1 is 1.15 bits per heavy atom. The first-order valence-corrected chi connectivity index (χ1v) is 7.08. The van der Waals surface area contributed by atoms with Crippen molar-refractivity contribution in [1.82, 2.24) is 0 Å². The molecule has 2 rings (SSSR count). The lowest BCUT2D eigenvalue weighted by Crippen LogP contribution is -2.08. The highest BCUT2D eigenvalue weighted by molar-refractivity contribution is 9.10. The van der Waals surface area contributed by atoms with Crippen molar-refractivity contribution in [3.63, 3.8) is 0 Å². The summed E-state index contributed by atoms with van der Waals surface area (Å²) in [5.41, 5.74) is 1.68. The smallest absolute Gasteiger partial charge is 0.343 e. The van der Waals surface area contributed by atoms with Gasteiger partial charge in [-0.15, -0.1) is 0 Å². The first-order valence-electron chi connectivity index (χ1n) is 6.28. The number of carbonyl (C=O) groups excluding carboxylic acids is 1. The second-order valence-corrected chi connectivity index (χ2v) is 5.09. The van der Waals surface area contributed by atoms with E-state index in [4.69, 9.17) is 9.47 Å². The molecule has 0 amide bonds. The molecule has 4 heteroatoms. The minimum absolute atomic E-state index is 0.391. The number of halogens is 1. The van der Waals surface area contributed by atoms with Crippen molar-refractivity contribution in [2.45, 2.75) is 13.3 Å². The number of esters is 1. The van der Waals surface area contributed by atoms with Crippen molar-refractivity contribution in [2.24, 2.45) is 0 Å². The zero-order chi connectivity index (χ0) is 14.5. The molecular weight excluding hydrogens is 320 g/mol. The lowest BCUT2D eigenvalue weighted by Gasteiger charge is -2.07. The minimum atomic E-state index is -0.391. The van der Waals surface area contributed by atoms with Gasteiger partial charge in [0.1, 0.15) is 11.5 Å². The Morgan fingerprint density at radius 2 is 1.85 bits per heavy atom. The molecule has 2 aromatic carbocycles. The number of benzene rings is 2. The standard InChI is InChI=1S/C16H15BrO3/c1-3-11-4-7-13(8-5-11)20-16(18)12-6-9-15(19-2)14(17)10-12/h4-10H,3H2,1-2H3. The zero-order valence-corrected chi connectivity index (χ0v) is 12.9. The van der Waals surface area contributed by atoms with E-state index in [2.05, 4.69) is 22.9 Å². The van der Waals surface area contributed by atoms with E-state index in [0.29, 0.717) is 17.1 Å². The molecule has 3 nitrogen and oxygen atoms in total. The molecule has 0 N–H and O–H groups in total. The van der Waals surface area contributed by atoms with Crippen LogP contribution in [0.1, 0.15) is 22.8 Å². The van der Waals surface area contributed by atoms with Crippen LogP contribution in [0.4, 0.5) is 0 Å². The van der Waals surface area contributed by atoms with E-state index in [0.717, 1.165) is 10.9 Å². The average molecular weight is 335 g/mol. The minimum Gasteiger partial charge on any atom is -0.496 e. The Morgan fingerprint density at radius 3 is 2.40 bits per heavy atom. The van der Waals surface area contributed by atoms with Crippen LogP contribution in [0, 0.1) is 0 Å². The van der Waals surface area contributed by atoms with Gasteiger partial charge in [-0.2, -0.15) is 0 Å². The van der Waals surface area contributed by atoms with Crippen molar-refractivity contribution in [3.05, 3.63) is 58.1 Å². The highest BCUT2D eigenvalue weighted by Crippen LogP contribution is 2.26. The van der Waals surface area contributed by atoms with E-state index in [-0.39, 0.29) is 0 Å². The maximum Gasteiger partial charge on any atom is 0.343 e. The second kappa shape index (κ2) is 6.57. The molecule has 0 spiro atoms. The van der Waals surface area contributed by atoms with E-state index in [1.165, 1.54) is 5.56 Å². The molecule has 20 heavy (non-hydrogen) atoms. The average Bonchev–Trinajstić information content (AvgIpc) is 2.48. The molecule has 2 aromatic rings. The molecule has 0 fully saturated rings. The van der Waals surface area contributed by atoms with Gasteiger partial charge in [0.2, 0.25) is 0 Å². The van der Waals surface area contributed by atoms with Gasteiger partial charge < -0.3 is 9.47 Å². The maximum atomic E-state index is 12.0. The number of rotatable bonds is 4. The largest absolute Gasteiger partial charge is 0.496 e. The Bertz CT molecular complexity index is 606. The summed E-state index contributed by atoms with van der Waals surface area (Å²) >= 11 is 3.35. The van der Waals surface area contributed by atoms with Gasteiger partial charge in [-0.1, -0.05) is 19.1 Å². The Hall–Kier alpha value is -1.81. The third-order valence-electron chi connectivity index (χ3n) is 2.93. The highest BCUT2D eigenvalue weighted by atomic mass is 79.9.